The number of rotatable bonds is 5. The Morgan fingerprint density at radius 2 is 1.77 bits per heavy atom. The molecule has 6 heteroatoms. The summed E-state index contributed by atoms with van der Waals surface area (Å²) in [6.45, 7) is 0.352. The minimum atomic E-state index is -1.37. The number of fused-ring (bicyclic) bond motifs is 1. The highest BCUT2D eigenvalue weighted by atomic mass is 16.5. The molecule has 6 nitrogen and oxygen atoms in total. The molecule has 0 radical (unpaired) electrons. The Hall–Kier alpha value is -1.96. The Kier molecular flexibility index (Phi) is 5.75. The monoisotopic (exact) mass is 426 g/mol. The summed E-state index contributed by atoms with van der Waals surface area (Å²) < 4.78 is 11.5. The zero-order chi connectivity index (χ0) is 21.5. The third kappa shape index (κ3) is 4.11. The van der Waals surface area contributed by atoms with E-state index in [1.807, 2.05) is 6.07 Å². The van der Waals surface area contributed by atoms with Gasteiger partial charge in [-0.05, 0) is 71.9 Å². The van der Waals surface area contributed by atoms with Crippen LogP contribution in [0.4, 0.5) is 0 Å². The minimum Gasteiger partial charge on any atom is -0.493 e. The normalized spacial score (nSPS) is 30.5. The van der Waals surface area contributed by atoms with Crippen molar-refractivity contribution in [1.82, 2.24) is 0 Å². The van der Waals surface area contributed by atoms with Gasteiger partial charge in [0.1, 0.15) is 36.3 Å². The molecule has 5 rings (SSSR count). The van der Waals surface area contributed by atoms with E-state index in [4.69, 9.17) is 9.47 Å². The van der Waals surface area contributed by atoms with Gasteiger partial charge in [0.25, 0.3) is 0 Å². The molecule has 2 aromatic rings. The number of hydrogen-bond acceptors (Lipinski definition) is 6. The van der Waals surface area contributed by atoms with Crippen molar-refractivity contribution in [3.8, 4) is 5.75 Å². The van der Waals surface area contributed by atoms with E-state index in [9.17, 15) is 20.4 Å². The van der Waals surface area contributed by atoms with Gasteiger partial charge in [-0.1, -0.05) is 30.3 Å². The molecule has 1 saturated heterocycles. The van der Waals surface area contributed by atoms with Crippen LogP contribution in [0.15, 0.2) is 36.4 Å². The maximum absolute atomic E-state index is 10.5. The standard InChI is InChI=1S/C25H30O6/c26-13-21-22(27)23(28)24(29)25(31-21)17-6-7-19(15-4-5-15)18(12-17)11-14-3-8-20-16(10-14)2-1-9-30-20/h3,6-8,10,12,15,21-29H,1-2,4-5,9,11,13H2/t21-,22-,23+,24-,25+/m1/s1. The van der Waals surface area contributed by atoms with Crippen LogP contribution in [-0.4, -0.2) is 58.1 Å². The second-order valence-electron chi connectivity index (χ2n) is 9.05. The molecule has 1 saturated carbocycles. The predicted octanol–water partition coefficient (Wildman–Crippen LogP) is 1.99. The van der Waals surface area contributed by atoms with Crippen LogP contribution in [0.5, 0.6) is 5.75 Å². The van der Waals surface area contributed by atoms with Crippen LogP contribution in [0, 0.1) is 0 Å². The van der Waals surface area contributed by atoms with Crippen LogP contribution in [0.2, 0.25) is 0 Å². The molecule has 0 aromatic heterocycles. The third-order valence-corrected chi connectivity index (χ3v) is 6.77. The molecule has 2 heterocycles. The first-order valence-corrected chi connectivity index (χ1v) is 11.2. The summed E-state index contributed by atoms with van der Waals surface area (Å²) in [5.74, 6) is 1.55. The molecule has 166 valence electrons. The minimum absolute atomic E-state index is 0.425. The predicted molar refractivity (Wildman–Crippen MR) is 114 cm³/mol. The van der Waals surface area contributed by atoms with E-state index in [1.54, 1.807) is 0 Å². The third-order valence-electron chi connectivity index (χ3n) is 6.77. The van der Waals surface area contributed by atoms with Crippen LogP contribution in [0.25, 0.3) is 0 Å². The number of aliphatic hydroxyl groups excluding tert-OH is 4. The maximum Gasteiger partial charge on any atom is 0.122 e. The molecule has 3 aliphatic rings. The topological polar surface area (TPSA) is 99.4 Å². The van der Waals surface area contributed by atoms with Crippen molar-refractivity contribution < 1.29 is 29.9 Å². The molecule has 31 heavy (non-hydrogen) atoms. The van der Waals surface area contributed by atoms with Gasteiger partial charge in [-0.15, -0.1) is 0 Å². The molecule has 2 aromatic carbocycles. The summed E-state index contributed by atoms with van der Waals surface area (Å²) in [6, 6.07) is 12.5. The van der Waals surface area contributed by atoms with Crippen LogP contribution < -0.4 is 4.74 Å². The zero-order valence-electron chi connectivity index (χ0n) is 17.5. The highest BCUT2D eigenvalue weighted by Crippen LogP contribution is 2.43. The molecule has 0 amide bonds. The first-order valence-electron chi connectivity index (χ1n) is 11.2. The van der Waals surface area contributed by atoms with Gasteiger partial charge in [-0.2, -0.15) is 0 Å². The van der Waals surface area contributed by atoms with Crippen molar-refractivity contribution >= 4 is 0 Å². The van der Waals surface area contributed by atoms with Gasteiger partial charge in [-0.25, -0.2) is 0 Å². The molecule has 1 aliphatic carbocycles. The molecule has 4 N–H and O–H groups in total. The SMILES string of the molecule is OC[C@H]1O[C@@H](c2ccc(C3CC3)c(Cc3ccc4c(c3)CCCO4)c2)[C@H](O)[C@@H](O)[C@@H]1O. The smallest absolute Gasteiger partial charge is 0.122 e. The van der Waals surface area contributed by atoms with Crippen LogP contribution in [0.1, 0.15) is 59.1 Å². The molecule has 0 unspecified atom stereocenters. The fourth-order valence-electron chi connectivity index (χ4n) is 4.87. The summed E-state index contributed by atoms with van der Waals surface area (Å²) in [6.07, 6.45) is -0.491. The van der Waals surface area contributed by atoms with Crippen LogP contribution in [-0.2, 0) is 17.6 Å². The zero-order valence-corrected chi connectivity index (χ0v) is 17.5. The van der Waals surface area contributed by atoms with E-state index < -0.39 is 37.1 Å². The van der Waals surface area contributed by atoms with Crippen molar-refractivity contribution in [2.45, 2.75) is 68.5 Å². The molecule has 2 aliphatic heterocycles. The van der Waals surface area contributed by atoms with Crippen molar-refractivity contribution in [3.05, 3.63) is 64.2 Å². The molecule has 0 bridgehead atoms. The summed E-state index contributed by atoms with van der Waals surface area (Å²) in [7, 11) is 0. The first-order chi connectivity index (χ1) is 15.0. The van der Waals surface area contributed by atoms with Crippen molar-refractivity contribution in [1.29, 1.82) is 0 Å². The van der Waals surface area contributed by atoms with Gasteiger partial charge in [0.15, 0.2) is 0 Å². The van der Waals surface area contributed by atoms with Gasteiger partial charge >= 0.3 is 0 Å². The first kappa shape index (κ1) is 20.9. The van der Waals surface area contributed by atoms with Crippen LogP contribution >= 0.6 is 0 Å². The molecule has 2 fully saturated rings. The lowest BCUT2D eigenvalue weighted by atomic mass is 9.88. The molecule has 5 atom stereocenters. The number of ether oxygens (including phenoxy) is 2. The Balaban J connectivity index is 1.45. The summed E-state index contributed by atoms with van der Waals surface area (Å²) in [5, 5.41) is 40.3. The number of aryl methyl sites for hydroxylation is 1. The molecular weight excluding hydrogens is 396 g/mol. The van der Waals surface area contributed by atoms with E-state index in [1.165, 1.54) is 35.1 Å². The average Bonchev–Trinajstić information content (AvgIpc) is 3.63. The van der Waals surface area contributed by atoms with E-state index in [0.717, 1.165) is 37.2 Å². The highest BCUT2D eigenvalue weighted by Gasteiger charge is 2.44. The lowest BCUT2D eigenvalue weighted by molar-refractivity contribution is -0.231. The highest BCUT2D eigenvalue weighted by molar-refractivity contribution is 5.44. The number of aliphatic hydroxyl groups is 4. The van der Waals surface area contributed by atoms with Gasteiger partial charge in [0.05, 0.1) is 13.2 Å². The lowest BCUT2D eigenvalue weighted by Gasteiger charge is -2.40. The van der Waals surface area contributed by atoms with E-state index in [2.05, 4.69) is 30.3 Å². The fraction of sp³-hybridized carbons (Fsp3) is 0.520. The summed E-state index contributed by atoms with van der Waals surface area (Å²) >= 11 is 0. The lowest BCUT2D eigenvalue weighted by Crippen LogP contribution is -2.55. The van der Waals surface area contributed by atoms with Gasteiger partial charge < -0.3 is 29.9 Å². The van der Waals surface area contributed by atoms with E-state index in [-0.39, 0.29) is 0 Å². The second-order valence-corrected chi connectivity index (χ2v) is 9.05. The number of hydrogen-bond donors (Lipinski definition) is 4. The van der Waals surface area contributed by atoms with Crippen molar-refractivity contribution in [2.75, 3.05) is 13.2 Å². The Morgan fingerprint density at radius 3 is 2.55 bits per heavy atom. The average molecular weight is 427 g/mol. The maximum atomic E-state index is 10.5. The van der Waals surface area contributed by atoms with Crippen molar-refractivity contribution in [3.63, 3.8) is 0 Å². The summed E-state index contributed by atoms with van der Waals surface area (Å²) in [4.78, 5) is 0. The molecular formula is C25H30O6. The Labute approximate surface area is 182 Å². The second kappa shape index (κ2) is 8.52. The number of benzene rings is 2. The van der Waals surface area contributed by atoms with Crippen LogP contribution in [0.3, 0.4) is 0 Å². The van der Waals surface area contributed by atoms with Gasteiger partial charge in [0, 0.05) is 0 Å². The van der Waals surface area contributed by atoms with E-state index in [0.29, 0.717) is 5.92 Å². The van der Waals surface area contributed by atoms with Crippen molar-refractivity contribution in [2.24, 2.45) is 0 Å². The Bertz CT molecular complexity index is 938. The van der Waals surface area contributed by atoms with Gasteiger partial charge in [0.2, 0.25) is 0 Å². The van der Waals surface area contributed by atoms with Gasteiger partial charge in [-0.3, -0.25) is 0 Å². The Morgan fingerprint density at radius 1 is 0.935 bits per heavy atom. The largest absolute Gasteiger partial charge is 0.493 e. The fourth-order valence-corrected chi connectivity index (χ4v) is 4.87. The molecule has 0 spiro atoms. The quantitative estimate of drug-likeness (QED) is 0.584. The van der Waals surface area contributed by atoms with E-state index >= 15 is 0 Å². The summed E-state index contributed by atoms with van der Waals surface area (Å²) in [5.41, 5.74) is 5.73.